The van der Waals surface area contributed by atoms with Gasteiger partial charge in [0.05, 0.1) is 23.1 Å². The van der Waals surface area contributed by atoms with Crippen LogP contribution in [-0.2, 0) is 14.8 Å². The van der Waals surface area contributed by atoms with E-state index in [2.05, 4.69) is 0 Å². The van der Waals surface area contributed by atoms with Gasteiger partial charge in [-0.3, -0.25) is 4.79 Å². The maximum atomic E-state index is 13.0. The summed E-state index contributed by atoms with van der Waals surface area (Å²) in [6.45, 7) is 0.341. The summed E-state index contributed by atoms with van der Waals surface area (Å²) in [5.41, 5.74) is 0.211. The highest BCUT2D eigenvalue weighted by Crippen LogP contribution is 2.24. The highest BCUT2D eigenvalue weighted by molar-refractivity contribution is 7.89. The number of nitrogens with zero attached hydrogens (tertiary/aromatic N) is 1. The number of methoxy groups -OCH3 is 1. The molecule has 29 heavy (non-hydrogen) atoms. The first-order valence-corrected chi connectivity index (χ1v) is 10.8. The third kappa shape index (κ3) is 4.65. The van der Waals surface area contributed by atoms with Gasteiger partial charge in [0.1, 0.15) is 5.75 Å². The van der Waals surface area contributed by atoms with Crippen LogP contribution in [0.5, 0.6) is 5.75 Å². The Morgan fingerprint density at radius 2 is 1.55 bits per heavy atom. The molecule has 8 heteroatoms. The van der Waals surface area contributed by atoms with E-state index in [-0.39, 0.29) is 16.0 Å². The van der Waals surface area contributed by atoms with Gasteiger partial charge in [-0.1, -0.05) is 30.7 Å². The number of esters is 1. The van der Waals surface area contributed by atoms with Crippen molar-refractivity contribution in [2.75, 3.05) is 26.8 Å². The van der Waals surface area contributed by atoms with Crippen molar-refractivity contribution in [1.82, 2.24) is 4.31 Å². The molecule has 0 amide bonds. The second-order valence-corrected chi connectivity index (χ2v) is 8.57. The fourth-order valence-electron chi connectivity index (χ4n) is 3.27. The van der Waals surface area contributed by atoms with E-state index in [0.717, 1.165) is 19.3 Å². The number of ketones is 1. The summed E-state index contributed by atoms with van der Waals surface area (Å²) in [4.78, 5) is 24.9. The van der Waals surface area contributed by atoms with E-state index in [4.69, 9.17) is 9.47 Å². The lowest BCUT2D eigenvalue weighted by Gasteiger charge is -2.26. The van der Waals surface area contributed by atoms with Crippen molar-refractivity contribution in [2.24, 2.45) is 0 Å². The maximum absolute atomic E-state index is 13.0. The maximum Gasteiger partial charge on any atom is 0.339 e. The zero-order valence-corrected chi connectivity index (χ0v) is 17.0. The molecule has 1 heterocycles. The van der Waals surface area contributed by atoms with E-state index in [0.29, 0.717) is 18.8 Å². The third-order valence-electron chi connectivity index (χ3n) is 4.78. The van der Waals surface area contributed by atoms with E-state index < -0.39 is 28.4 Å². The van der Waals surface area contributed by atoms with Crippen LogP contribution >= 0.6 is 0 Å². The molecule has 0 radical (unpaired) electrons. The Labute approximate surface area is 170 Å². The molecule has 1 aliphatic rings. The van der Waals surface area contributed by atoms with Crippen molar-refractivity contribution in [1.29, 1.82) is 0 Å². The fraction of sp³-hybridized carbons (Fsp3) is 0.333. The number of carbonyl (C=O) groups is 2. The summed E-state index contributed by atoms with van der Waals surface area (Å²) >= 11 is 0. The van der Waals surface area contributed by atoms with Crippen molar-refractivity contribution >= 4 is 21.8 Å². The summed E-state index contributed by atoms with van der Waals surface area (Å²) in [7, 11) is -2.37. The van der Waals surface area contributed by atoms with E-state index in [1.807, 2.05) is 0 Å². The second-order valence-electron chi connectivity index (χ2n) is 6.66. The van der Waals surface area contributed by atoms with Gasteiger partial charge in [0.2, 0.25) is 15.8 Å². The Bertz CT molecular complexity index is 996. The molecule has 1 aliphatic heterocycles. The van der Waals surface area contributed by atoms with Gasteiger partial charge in [-0.2, -0.15) is 4.31 Å². The zero-order chi connectivity index (χ0) is 20.9. The second kappa shape index (κ2) is 9.19. The molecule has 0 bridgehead atoms. The minimum Gasteiger partial charge on any atom is -0.496 e. The van der Waals surface area contributed by atoms with Crippen LogP contribution in [0.4, 0.5) is 0 Å². The van der Waals surface area contributed by atoms with E-state index in [1.54, 1.807) is 36.4 Å². The van der Waals surface area contributed by atoms with E-state index in [9.17, 15) is 18.0 Å². The molecule has 154 valence electrons. The minimum absolute atomic E-state index is 0.0779. The van der Waals surface area contributed by atoms with Gasteiger partial charge in [0.25, 0.3) is 0 Å². The number of hydrogen-bond acceptors (Lipinski definition) is 6. The zero-order valence-electron chi connectivity index (χ0n) is 16.2. The highest BCUT2D eigenvalue weighted by atomic mass is 32.2. The van der Waals surface area contributed by atoms with Crippen LogP contribution in [0.3, 0.4) is 0 Å². The van der Waals surface area contributed by atoms with Gasteiger partial charge >= 0.3 is 5.97 Å². The molecule has 0 spiro atoms. The smallest absolute Gasteiger partial charge is 0.339 e. The number of rotatable bonds is 7. The van der Waals surface area contributed by atoms with Gasteiger partial charge < -0.3 is 9.47 Å². The Balaban J connectivity index is 1.77. The minimum atomic E-state index is -3.81. The van der Waals surface area contributed by atoms with Gasteiger partial charge in [-0.05, 0) is 37.1 Å². The van der Waals surface area contributed by atoms with Crippen LogP contribution < -0.4 is 4.74 Å². The number of para-hydroxylation sites is 1. The highest BCUT2D eigenvalue weighted by Gasteiger charge is 2.30. The number of sulfonamides is 1. The summed E-state index contributed by atoms with van der Waals surface area (Å²) in [5.74, 6) is -0.918. The van der Waals surface area contributed by atoms with E-state index >= 15 is 0 Å². The lowest BCUT2D eigenvalue weighted by molar-refractivity contribution is 0.0470. The van der Waals surface area contributed by atoms with Gasteiger partial charge in [-0.15, -0.1) is 0 Å². The molecule has 3 rings (SSSR count). The number of Topliss-reactive ketones (excluding diaryl/α,β-unsaturated/α-hetero) is 1. The summed E-state index contributed by atoms with van der Waals surface area (Å²) < 4.78 is 37.7. The Hall–Kier alpha value is -2.71. The SMILES string of the molecule is COc1ccccc1C(=O)COC(=O)c1ccccc1S(=O)(=O)N1CCCCC1. The van der Waals surface area contributed by atoms with Crippen molar-refractivity contribution in [3.05, 3.63) is 59.7 Å². The normalized spacial score (nSPS) is 14.9. The van der Waals surface area contributed by atoms with Crippen LogP contribution in [0.2, 0.25) is 0 Å². The monoisotopic (exact) mass is 417 g/mol. The number of benzene rings is 2. The quantitative estimate of drug-likeness (QED) is 0.508. The van der Waals surface area contributed by atoms with Crippen LogP contribution in [0.15, 0.2) is 53.4 Å². The van der Waals surface area contributed by atoms with Crippen molar-refractivity contribution in [2.45, 2.75) is 24.2 Å². The van der Waals surface area contributed by atoms with Crippen molar-refractivity contribution in [3.63, 3.8) is 0 Å². The molecule has 1 saturated heterocycles. The summed E-state index contributed by atoms with van der Waals surface area (Å²) in [6.07, 6.45) is 2.57. The number of ether oxygens (including phenoxy) is 2. The molecule has 0 aromatic heterocycles. The molecule has 2 aromatic carbocycles. The van der Waals surface area contributed by atoms with Crippen LogP contribution in [0.25, 0.3) is 0 Å². The molecule has 7 nitrogen and oxygen atoms in total. The molecule has 0 N–H and O–H groups in total. The first-order valence-electron chi connectivity index (χ1n) is 9.37. The van der Waals surface area contributed by atoms with Gasteiger partial charge in [-0.25, -0.2) is 13.2 Å². The number of carbonyl (C=O) groups excluding carboxylic acids is 2. The molecular formula is C21H23NO6S. The Morgan fingerprint density at radius 3 is 2.24 bits per heavy atom. The first kappa shape index (κ1) is 21.0. The van der Waals surface area contributed by atoms with Crippen molar-refractivity contribution < 1.29 is 27.5 Å². The molecular weight excluding hydrogens is 394 g/mol. The predicted molar refractivity (Wildman–Crippen MR) is 107 cm³/mol. The van der Waals surface area contributed by atoms with Gasteiger partial charge in [0, 0.05) is 13.1 Å². The summed E-state index contributed by atoms with van der Waals surface area (Å²) in [6, 6.07) is 12.5. The average Bonchev–Trinajstić information content (AvgIpc) is 2.77. The first-order chi connectivity index (χ1) is 13.9. The predicted octanol–water partition coefficient (Wildman–Crippen LogP) is 2.91. The lowest BCUT2D eigenvalue weighted by atomic mass is 10.1. The Kier molecular flexibility index (Phi) is 6.66. The molecule has 0 aliphatic carbocycles. The van der Waals surface area contributed by atoms with Crippen LogP contribution in [0.1, 0.15) is 40.0 Å². The topological polar surface area (TPSA) is 90.0 Å². The largest absolute Gasteiger partial charge is 0.496 e. The lowest BCUT2D eigenvalue weighted by Crippen LogP contribution is -2.36. The van der Waals surface area contributed by atoms with Crippen molar-refractivity contribution in [3.8, 4) is 5.75 Å². The third-order valence-corrected chi connectivity index (χ3v) is 6.74. The van der Waals surface area contributed by atoms with Crippen LogP contribution in [-0.4, -0.2) is 51.3 Å². The molecule has 0 saturated carbocycles. The summed E-state index contributed by atoms with van der Waals surface area (Å²) in [5, 5.41) is 0. The number of piperidine rings is 1. The molecule has 0 atom stereocenters. The average molecular weight is 417 g/mol. The van der Waals surface area contributed by atoms with Crippen LogP contribution in [0, 0.1) is 0 Å². The van der Waals surface area contributed by atoms with Gasteiger partial charge in [0.15, 0.2) is 6.61 Å². The molecule has 0 unspecified atom stereocenters. The Morgan fingerprint density at radius 1 is 0.931 bits per heavy atom. The standard InChI is InChI=1S/C21H23NO6S/c1-27-19-11-5-3-9-16(19)18(23)15-28-21(24)17-10-4-6-12-20(17)29(25,26)22-13-7-2-8-14-22/h3-6,9-12H,2,7-8,13-15H2,1H3. The van der Waals surface area contributed by atoms with E-state index in [1.165, 1.54) is 23.5 Å². The number of hydrogen-bond donors (Lipinski definition) is 0. The molecule has 1 fully saturated rings. The fourth-order valence-corrected chi connectivity index (χ4v) is 4.96. The molecule has 2 aromatic rings.